The van der Waals surface area contributed by atoms with Gasteiger partial charge in [-0.3, -0.25) is 14.4 Å². The first kappa shape index (κ1) is 23.7. The molecule has 166 valence electrons. The van der Waals surface area contributed by atoms with E-state index in [0.29, 0.717) is 32.0 Å². The molecule has 30 heavy (non-hydrogen) atoms. The maximum Gasteiger partial charge on any atom is 0.310 e. The molecule has 0 saturated carbocycles. The Labute approximate surface area is 179 Å². The summed E-state index contributed by atoms with van der Waals surface area (Å²) in [5.41, 5.74) is 0. The van der Waals surface area contributed by atoms with E-state index in [1.807, 2.05) is 32.0 Å². The van der Waals surface area contributed by atoms with Gasteiger partial charge in [0.25, 0.3) is 5.91 Å². The number of esters is 1. The molecule has 1 aromatic rings. The van der Waals surface area contributed by atoms with Gasteiger partial charge < -0.3 is 19.3 Å². The van der Waals surface area contributed by atoms with Gasteiger partial charge in [-0.2, -0.15) is 0 Å². The predicted molar refractivity (Wildman–Crippen MR) is 114 cm³/mol. The third-order valence-electron chi connectivity index (χ3n) is 5.51. The van der Waals surface area contributed by atoms with Gasteiger partial charge in [0.1, 0.15) is 5.75 Å². The Morgan fingerprint density at radius 3 is 2.60 bits per heavy atom. The summed E-state index contributed by atoms with van der Waals surface area (Å²) in [6, 6.07) is 9.22. The van der Waals surface area contributed by atoms with E-state index in [1.54, 1.807) is 28.9 Å². The summed E-state index contributed by atoms with van der Waals surface area (Å²) in [5.74, 6) is -0.0128. The number of amides is 2. The number of carbonyl (C=O) groups is 3. The molecule has 0 bridgehead atoms. The lowest BCUT2D eigenvalue weighted by Crippen LogP contribution is -2.46. The molecule has 1 fully saturated rings. The smallest absolute Gasteiger partial charge is 0.310 e. The van der Waals surface area contributed by atoms with Crippen molar-refractivity contribution in [2.24, 2.45) is 5.92 Å². The van der Waals surface area contributed by atoms with Crippen LogP contribution >= 0.6 is 0 Å². The highest BCUT2D eigenvalue weighted by Gasteiger charge is 2.30. The third kappa shape index (κ3) is 7.04. The van der Waals surface area contributed by atoms with Crippen LogP contribution in [0.4, 0.5) is 0 Å². The number of likely N-dealkylation sites (tertiary alicyclic amines) is 1. The average Bonchev–Trinajstić information content (AvgIpc) is 2.78. The number of carbonyl (C=O) groups excluding carboxylic acids is 3. The highest BCUT2D eigenvalue weighted by atomic mass is 16.5. The van der Waals surface area contributed by atoms with Crippen molar-refractivity contribution in [1.82, 2.24) is 9.80 Å². The maximum atomic E-state index is 12.7. The van der Waals surface area contributed by atoms with Crippen LogP contribution < -0.4 is 4.74 Å². The lowest BCUT2D eigenvalue weighted by Gasteiger charge is -2.33. The molecule has 1 aromatic carbocycles. The van der Waals surface area contributed by atoms with Crippen LogP contribution in [-0.2, 0) is 19.1 Å². The van der Waals surface area contributed by atoms with Gasteiger partial charge in [-0.15, -0.1) is 0 Å². The topological polar surface area (TPSA) is 76.2 Å². The van der Waals surface area contributed by atoms with Crippen LogP contribution in [0.25, 0.3) is 0 Å². The fraction of sp³-hybridized carbons (Fsp3) is 0.609. The van der Waals surface area contributed by atoms with E-state index in [1.165, 1.54) is 0 Å². The number of hydrogen-bond donors (Lipinski definition) is 0. The molecule has 2 rings (SSSR count). The van der Waals surface area contributed by atoms with Crippen molar-refractivity contribution in [2.45, 2.75) is 52.5 Å². The summed E-state index contributed by atoms with van der Waals surface area (Å²) < 4.78 is 10.7. The van der Waals surface area contributed by atoms with Crippen LogP contribution in [0.1, 0.15) is 46.5 Å². The molecule has 2 atom stereocenters. The largest absolute Gasteiger partial charge is 0.484 e. The second-order valence-corrected chi connectivity index (χ2v) is 7.63. The van der Waals surface area contributed by atoms with E-state index in [0.717, 1.165) is 19.3 Å². The number of ether oxygens (including phenoxy) is 2. The summed E-state index contributed by atoms with van der Waals surface area (Å²) in [7, 11) is 0. The number of piperidine rings is 1. The Hall–Kier alpha value is -2.57. The van der Waals surface area contributed by atoms with Crippen molar-refractivity contribution >= 4 is 17.8 Å². The standard InChI is InChI=1S/C23H34N2O5/c1-4-18(3)25(22(27)17-30-20-11-7-6-8-12-20)15-13-21(26)24-14-9-10-19(16-24)23(28)29-5-2/h6-8,11-12,18-19H,4-5,9-10,13-17H2,1-3H3. The molecule has 1 aliphatic heterocycles. The van der Waals surface area contributed by atoms with Gasteiger partial charge in [0.05, 0.1) is 12.5 Å². The zero-order valence-electron chi connectivity index (χ0n) is 18.3. The van der Waals surface area contributed by atoms with E-state index < -0.39 is 0 Å². The normalized spacial score (nSPS) is 17.2. The van der Waals surface area contributed by atoms with Gasteiger partial charge in [-0.25, -0.2) is 0 Å². The molecule has 1 aliphatic rings. The zero-order chi connectivity index (χ0) is 21.9. The first-order chi connectivity index (χ1) is 14.5. The van der Waals surface area contributed by atoms with E-state index in [4.69, 9.17) is 9.47 Å². The second-order valence-electron chi connectivity index (χ2n) is 7.63. The summed E-state index contributed by atoms with van der Waals surface area (Å²) in [5, 5.41) is 0. The molecule has 0 radical (unpaired) electrons. The number of nitrogens with zero attached hydrogens (tertiary/aromatic N) is 2. The van der Waals surface area contributed by atoms with Crippen LogP contribution in [-0.4, -0.2) is 66.5 Å². The number of hydrogen-bond acceptors (Lipinski definition) is 5. The van der Waals surface area contributed by atoms with E-state index in [9.17, 15) is 14.4 Å². The molecule has 2 amide bonds. The third-order valence-corrected chi connectivity index (χ3v) is 5.51. The average molecular weight is 419 g/mol. The molecular formula is C23H34N2O5. The van der Waals surface area contributed by atoms with Gasteiger partial charge in [-0.1, -0.05) is 25.1 Å². The van der Waals surface area contributed by atoms with Gasteiger partial charge in [-0.05, 0) is 45.2 Å². The Bertz CT molecular complexity index is 694. The van der Waals surface area contributed by atoms with Crippen molar-refractivity contribution in [3.05, 3.63) is 30.3 Å². The van der Waals surface area contributed by atoms with Crippen LogP contribution in [0.3, 0.4) is 0 Å². The highest BCUT2D eigenvalue weighted by Crippen LogP contribution is 2.19. The van der Waals surface area contributed by atoms with Crippen LogP contribution in [0, 0.1) is 5.92 Å². The Balaban J connectivity index is 1.89. The Morgan fingerprint density at radius 2 is 1.93 bits per heavy atom. The summed E-state index contributed by atoms with van der Waals surface area (Å²) in [4.78, 5) is 40.9. The summed E-state index contributed by atoms with van der Waals surface area (Å²) in [6.07, 6.45) is 2.56. The van der Waals surface area contributed by atoms with Gasteiger partial charge >= 0.3 is 5.97 Å². The maximum absolute atomic E-state index is 12.7. The fourth-order valence-corrected chi connectivity index (χ4v) is 3.59. The first-order valence-electron chi connectivity index (χ1n) is 10.9. The second kappa shape index (κ2) is 12.2. The summed E-state index contributed by atoms with van der Waals surface area (Å²) >= 11 is 0. The van der Waals surface area contributed by atoms with E-state index >= 15 is 0 Å². The minimum absolute atomic E-state index is 0.0123. The van der Waals surface area contributed by atoms with Crippen LogP contribution in [0.2, 0.25) is 0 Å². The molecule has 7 nitrogen and oxygen atoms in total. The van der Waals surface area contributed by atoms with Crippen molar-refractivity contribution in [3.63, 3.8) is 0 Å². The van der Waals surface area contributed by atoms with Gasteiger partial charge in [0, 0.05) is 32.1 Å². The molecule has 0 N–H and O–H groups in total. The monoisotopic (exact) mass is 418 g/mol. The number of rotatable bonds is 10. The SMILES string of the molecule is CCOC(=O)C1CCCN(C(=O)CCN(C(=O)COc2ccccc2)C(C)CC)C1. The number of benzene rings is 1. The predicted octanol–water partition coefficient (Wildman–Crippen LogP) is 2.88. The lowest BCUT2D eigenvalue weighted by molar-refractivity contribution is -0.151. The molecule has 7 heteroatoms. The van der Waals surface area contributed by atoms with E-state index in [-0.39, 0.29) is 42.8 Å². The molecular weight excluding hydrogens is 384 g/mol. The highest BCUT2D eigenvalue weighted by molar-refractivity contribution is 5.81. The van der Waals surface area contributed by atoms with Crippen molar-refractivity contribution in [1.29, 1.82) is 0 Å². The quantitative estimate of drug-likeness (QED) is 0.546. The minimum Gasteiger partial charge on any atom is -0.484 e. The molecule has 2 unspecified atom stereocenters. The molecule has 0 aliphatic carbocycles. The molecule has 0 spiro atoms. The lowest BCUT2D eigenvalue weighted by atomic mass is 9.98. The number of para-hydroxylation sites is 1. The Morgan fingerprint density at radius 1 is 1.20 bits per heavy atom. The van der Waals surface area contributed by atoms with Crippen molar-refractivity contribution in [3.8, 4) is 5.75 Å². The summed E-state index contributed by atoms with van der Waals surface area (Å²) in [6.45, 7) is 7.44. The molecule has 0 aromatic heterocycles. The van der Waals surface area contributed by atoms with E-state index in [2.05, 4.69) is 0 Å². The Kier molecular flexibility index (Phi) is 9.64. The first-order valence-corrected chi connectivity index (χ1v) is 10.9. The molecule has 1 heterocycles. The minimum atomic E-state index is -0.255. The molecule has 1 saturated heterocycles. The van der Waals surface area contributed by atoms with Gasteiger partial charge in [0.2, 0.25) is 5.91 Å². The fourth-order valence-electron chi connectivity index (χ4n) is 3.59. The van der Waals surface area contributed by atoms with Crippen molar-refractivity contribution in [2.75, 3.05) is 32.8 Å². The van der Waals surface area contributed by atoms with Crippen molar-refractivity contribution < 1.29 is 23.9 Å². The van der Waals surface area contributed by atoms with Crippen LogP contribution in [0.5, 0.6) is 5.75 Å². The van der Waals surface area contributed by atoms with Gasteiger partial charge in [0.15, 0.2) is 6.61 Å². The zero-order valence-corrected chi connectivity index (χ0v) is 18.3. The van der Waals surface area contributed by atoms with Crippen LogP contribution in [0.15, 0.2) is 30.3 Å².